The van der Waals surface area contributed by atoms with Crippen molar-refractivity contribution in [1.82, 2.24) is 0 Å². The molecule has 0 spiro atoms. The Morgan fingerprint density at radius 2 is 0.424 bits per heavy atom. The summed E-state index contributed by atoms with van der Waals surface area (Å²) in [6, 6.07) is 94.2. The lowest BCUT2D eigenvalue weighted by molar-refractivity contribution is 1.61. The maximum Gasteiger partial charge on any atom is -0.00259 e. The van der Waals surface area contributed by atoms with Gasteiger partial charge in [0.1, 0.15) is 0 Å². The lowest BCUT2D eigenvalue weighted by atomic mass is 9.84. The van der Waals surface area contributed by atoms with Crippen LogP contribution in [0.1, 0.15) is 0 Å². The van der Waals surface area contributed by atoms with Crippen molar-refractivity contribution in [3.8, 4) is 66.8 Å². The molecule has 0 fully saturated rings. The molecule has 0 saturated carbocycles. The lowest BCUT2D eigenvalue weighted by Gasteiger charge is -2.19. The van der Waals surface area contributed by atoms with Gasteiger partial charge in [0.2, 0.25) is 0 Å². The summed E-state index contributed by atoms with van der Waals surface area (Å²) >= 11 is 0. The average molecular weight is 835 g/mol. The molecular formula is C66H42. The molecule has 0 bridgehead atoms. The Morgan fingerprint density at radius 1 is 0.136 bits per heavy atom. The van der Waals surface area contributed by atoms with Gasteiger partial charge in [-0.15, -0.1) is 0 Å². The molecule has 0 aromatic heterocycles. The Labute approximate surface area is 384 Å². The van der Waals surface area contributed by atoms with Crippen LogP contribution < -0.4 is 0 Å². The second-order valence-corrected chi connectivity index (χ2v) is 17.5. The van der Waals surface area contributed by atoms with Gasteiger partial charge in [-0.1, -0.05) is 231 Å². The molecule has 0 heteroatoms. The highest BCUT2D eigenvalue weighted by Crippen LogP contribution is 2.47. The molecule has 13 aromatic rings. The van der Waals surface area contributed by atoms with Crippen molar-refractivity contribution in [2.24, 2.45) is 0 Å². The minimum absolute atomic E-state index is 1.19. The Bertz CT molecular complexity index is 3750. The van der Waals surface area contributed by atoms with Crippen molar-refractivity contribution in [3.63, 3.8) is 0 Å². The van der Waals surface area contributed by atoms with Crippen molar-refractivity contribution in [1.29, 1.82) is 0 Å². The molecule has 0 aliphatic carbocycles. The molecule has 13 rings (SSSR count). The van der Waals surface area contributed by atoms with Crippen LogP contribution in [0.15, 0.2) is 255 Å². The van der Waals surface area contributed by atoms with Crippen LogP contribution in [0.3, 0.4) is 0 Å². The maximum absolute atomic E-state index is 2.43. The Balaban J connectivity index is 0.986. The van der Waals surface area contributed by atoms with Gasteiger partial charge in [-0.25, -0.2) is 0 Å². The molecule has 0 aliphatic rings. The number of fused-ring (bicyclic) bond motifs is 6. The van der Waals surface area contributed by atoms with E-state index in [4.69, 9.17) is 0 Å². The highest BCUT2D eigenvalue weighted by Gasteiger charge is 2.20. The zero-order valence-corrected chi connectivity index (χ0v) is 36.2. The maximum atomic E-state index is 2.43. The molecule has 0 N–H and O–H groups in total. The minimum Gasteiger partial charge on any atom is -0.0622 e. The molecule has 0 amide bonds. The summed E-state index contributed by atoms with van der Waals surface area (Å²) in [5, 5.41) is 15.0. The minimum atomic E-state index is 1.19. The highest BCUT2D eigenvalue weighted by atomic mass is 14.2. The monoisotopic (exact) mass is 834 g/mol. The third-order valence-electron chi connectivity index (χ3n) is 13.8. The quantitative estimate of drug-likeness (QED) is 0.146. The first-order chi connectivity index (χ1) is 32.7. The number of hydrogen-bond donors (Lipinski definition) is 0. The van der Waals surface area contributed by atoms with E-state index < -0.39 is 0 Å². The van der Waals surface area contributed by atoms with Crippen LogP contribution in [0.25, 0.3) is 131 Å². The zero-order chi connectivity index (χ0) is 43.6. The van der Waals surface area contributed by atoms with E-state index >= 15 is 0 Å². The van der Waals surface area contributed by atoms with E-state index in [1.54, 1.807) is 0 Å². The molecule has 0 unspecified atom stereocenters. The Kier molecular flexibility index (Phi) is 8.96. The molecule has 0 aliphatic heterocycles. The van der Waals surface area contributed by atoms with Crippen LogP contribution >= 0.6 is 0 Å². The first kappa shape index (κ1) is 37.9. The molecule has 0 saturated heterocycles. The third-order valence-corrected chi connectivity index (χ3v) is 13.8. The van der Waals surface area contributed by atoms with Crippen LogP contribution in [0, 0.1) is 0 Å². The second kappa shape index (κ2) is 15.6. The predicted octanol–water partition coefficient (Wildman–Crippen LogP) is 18.6. The van der Waals surface area contributed by atoms with Crippen molar-refractivity contribution >= 4 is 64.6 Å². The van der Waals surface area contributed by atoms with Crippen LogP contribution in [0.5, 0.6) is 0 Å². The van der Waals surface area contributed by atoms with E-state index in [1.807, 2.05) is 0 Å². The molecular weight excluding hydrogens is 793 g/mol. The Morgan fingerprint density at radius 3 is 0.818 bits per heavy atom. The molecule has 0 radical (unpaired) electrons. The summed E-state index contributed by atoms with van der Waals surface area (Å²) in [5.41, 5.74) is 14.8. The van der Waals surface area contributed by atoms with Crippen LogP contribution in [-0.2, 0) is 0 Å². The van der Waals surface area contributed by atoms with Crippen LogP contribution in [0.4, 0.5) is 0 Å². The highest BCUT2D eigenvalue weighted by molar-refractivity contribution is 6.24. The van der Waals surface area contributed by atoms with Gasteiger partial charge < -0.3 is 0 Å². The van der Waals surface area contributed by atoms with Gasteiger partial charge in [-0.2, -0.15) is 0 Å². The summed E-state index contributed by atoms with van der Waals surface area (Å²) in [6.45, 7) is 0. The molecule has 66 heavy (non-hydrogen) atoms. The first-order valence-corrected chi connectivity index (χ1v) is 22.9. The molecule has 13 aromatic carbocycles. The molecule has 0 heterocycles. The van der Waals surface area contributed by atoms with Gasteiger partial charge in [0, 0.05) is 0 Å². The molecule has 0 atom stereocenters. The fourth-order valence-electron chi connectivity index (χ4n) is 10.7. The normalized spacial score (nSPS) is 11.6. The van der Waals surface area contributed by atoms with Crippen molar-refractivity contribution < 1.29 is 0 Å². The second-order valence-electron chi connectivity index (χ2n) is 17.5. The number of rotatable bonds is 6. The van der Waals surface area contributed by atoms with E-state index in [0.29, 0.717) is 0 Å². The molecule has 306 valence electrons. The summed E-state index contributed by atoms with van der Waals surface area (Å²) < 4.78 is 0. The van der Waals surface area contributed by atoms with Gasteiger partial charge in [0.15, 0.2) is 0 Å². The van der Waals surface area contributed by atoms with Crippen LogP contribution in [-0.4, -0.2) is 0 Å². The predicted molar refractivity (Wildman–Crippen MR) is 284 cm³/mol. The number of benzene rings is 13. The summed E-state index contributed by atoms with van der Waals surface area (Å²) in [5.74, 6) is 0. The van der Waals surface area contributed by atoms with Crippen molar-refractivity contribution in [3.05, 3.63) is 255 Å². The van der Waals surface area contributed by atoms with Gasteiger partial charge in [-0.3, -0.25) is 0 Å². The summed E-state index contributed by atoms with van der Waals surface area (Å²) in [6.07, 6.45) is 0. The molecule has 0 nitrogen and oxygen atoms in total. The van der Waals surface area contributed by atoms with Gasteiger partial charge in [-0.05, 0) is 156 Å². The largest absolute Gasteiger partial charge is 0.0622 e. The third kappa shape index (κ3) is 6.30. The van der Waals surface area contributed by atoms with E-state index in [0.717, 1.165) is 0 Å². The van der Waals surface area contributed by atoms with Gasteiger partial charge >= 0.3 is 0 Å². The first-order valence-electron chi connectivity index (χ1n) is 22.9. The van der Waals surface area contributed by atoms with Crippen molar-refractivity contribution in [2.45, 2.75) is 0 Å². The fraction of sp³-hybridized carbons (Fsp3) is 0. The van der Waals surface area contributed by atoms with Gasteiger partial charge in [0.05, 0.1) is 0 Å². The van der Waals surface area contributed by atoms with Crippen molar-refractivity contribution in [2.75, 3.05) is 0 Å². The topological polar surface area (TPSA) is 0 Å². The summed E-state index contributed by atoms with van der Waals surface area (Å²) in [7, 11) is 0. The fourth-order valence-corrected chi connectivity index (χ4v) is 10.7. The van der Waals surface area contributed by atoms with Gasteiger partial charge in [0.25, 0.3) is 0 Å². The lowest BCUT2D eigenvalue weighted by Crippen LogP contribution is -1.92. The summed E-state index contributed by atoms with van der Waals surface area (Å²) in [4.78, 5) is 0. The zero-order valence-electron chi connectivity index (χ0n) is 36.2. The van der Waals surface area contributed by atoms with E-state index in [2.05, 4.69) is 255 Å². The smallest absolute Gasteiger partial charge is 0.00259 e. The number of hydrogen-bond acceptors (Lipinski definition) is 0. The van der Waals surface area contributed by atoms with Crippen LogP contribution in [0.2, 0.25) is 0 Å². The van der Waals surface area contributed by atoms with E-state index in [9.17, 15) is 0 Å². The SMILES string of the molecule is c1ccc(-c2c3ccccc3c(-c3ccc4ccccc4c3)c3cc(-c4ccc(-c5ccc6c(-c7ccccc7)c7ccccc7c(-c7ccc8ccccc8c7)c6c5)cc4)ccc23)cc1. The Hall–Kier alpha value is -8.58. The van der Waals surface area contributed by atoms with E-state index in [1.165, 1.54) is 131 Å². The standard InChI is InChI=1S/C66H42/c1-3-17-47(18-4-1)63-55-23-11-13-25-57(55)65(53-33-31-43-15-7-9-21-49(43)39-53)61-41-51(35-37-59(61)63)45-27-29-46(30-28-45)52-36-38-60-62(42-52)66(54-34-32-44-16-8-10-22-50(44)40-54)58-26-14-12-24-56(58)64(60)48-19-5-2-6-20-48/h1-42H. The van der Waals surface area contributed by atoms with E-state index in [-0.39, 0.29) is 0 Å². The average Bonchev–Trinajstić information content (AvgIpc) is 3.39.